The Kier molecular flexibility index (Phi) is 11.2. The topological polar surface area (TPSA) is 56.6 Å². The minimum Gasteiger partial charge on any atom is -0.330 e. The zero-order chi connectivity index (χ0) is 14.5. The number of nitrogens with one attached hydrogen (secondary N) is 2. The lowest BCUT2D eigenvalue weighted by atomic mass is 10.2. The summed E-state index contributed by atoms with van der Waals surface area (Å²) < 4.78 is 0. The van der Waals surface area contributed by atoms with E-state index in [0.717, 1.165) is 32.6 Å². The van der Waals surface area contributed by atoms with E-state index in [4.69, 9.17) is 5.73 Å². The second-order valence-electron chi connectivity index (χ2n) is 5.74. The molecular weight excluding hydrogens is 250 g/mol. The van der Waals surface area contributed by atoms with E-state index in [0.29, 0.717) is 0 Å². The zero-order valence-corrected chi connectivity index (χ0v) is 13.4. The van der Waals surface area contributed by atoms with E-state index in [9.17, 15) is 0 Å². The first-order valence-electron chi connectivity index (χ1n) is 8.37. The lowest BCUT2D eigenvalue weighted by Gasteiger charge is -2.34. The molecule has 0 unspecified atom stereocenters. The second kappa shape index (κ2) is 12.5. The second-order valence-corrected chi connectivity index (χ2v) is 5.74. The molecule has 0 aliphatic carbocycles. The molecule has 4 N–H and O–H groups in total. The van der Waals surface area contributed by atoms with Crippen molar-refractivity contribution in [1.82, 2.24) is 20.4 Å². The maximum absolute atomic E-state index is 5.48. The molecule has 0 spiro atoms. The molecule has 0 atom stereocenters. The van der Waals surface area contributed by atoms with Gasteiger partial charge in [-0.15, -0.1) is 0 Å². The Morgan fingerprint density at radius 1 is 0.800 bits per heavy atom. The van der Waals surface area contributed by atoms with Crippen molar-refractivity contribution in [3.63, 3.8) is 0 Å². The number of unbranched alkanes of at least 4 members (excludes halogenated alkanes) is 2. The number of hydrogen-bond donors (Lipinski definition) is 3. The van der Waals surface area contributed by atoms with Crippen LogP contribution in [0.25, 0.3) is 0 Å². The molecular formula is C15H35N5. The molecule has 5 heteroatoms. The van der Waals surface area contributed by atoms with Crippen molar-refractivity contribution in [2.75, 3.05) is 72.5 Å². The van der Waals surface area contributed by atoms with E-state index in [-0.39, 0.29) is 0 Å². The number of nitrogens with zero attached hydrogens (tertiary/aromatic N) is 2. The van der Waals surface area contributed by atoms with Crippen LogP contribution in [0, 0.1) is 0 Å². The third-order valence-electron chi connectivity index (χ3n) is 4.03. The van der Waals surface area contributed by atoms with E-state index >= 15 is 0 Å². The first-order chi connectivity index (χ1) is 9.86. The molecule has 0 aromatic carbocycles. The molecule has 5 nitrogen and oxygen atoms in total. The van der Waals surface area contributed by atoms with Gasteiger partial charge in [0, 0.05) is 39.3 Å². The standard InChI is InChI=1S/C15H35N5/c1-17-7-4-5-10-19-12-14-20(15-13-19)11-9-18-8-3-2-6-16/h17-18H,2-16H2,1H3. The summed E-state index contributed by atoms with van der Waals surface area (Å²) in [4.78, 5) is 5.20. The first-order valence-corrected chi connectivity index (χ1v) is 8.37. The van der Waals surface area contributed by atoms with E-state index in [1.54, 1.807) is 0 Å². The number of piperazine rings is 1. The Bertz CT molecular complexity index is 204. The van der Waals surface area contributed by atoms with Crippen LogP contribution >= 0.6 is 0 Å². The zero-order valence-electron chi connectivity index (χ0n) is 13.4. The maximum atomic E-state index is 5.48. The van der Waals surface area contributed by atoms with Gasteiger partial charge < -0.3 is 21.3 Å². The lowest BCUT2D eigenvalue weighted by Crippen LogP contribution is -2.48. The van der Waals surface area contributed by atoms with Crippen LogP contribution in [-0.4, -0.2) is 82.3 Å². The summed E-state index contributed by atoms with van der Waals surface area (Å²) >= 11 is 0. The van der Waals surface area contributed by atoms with Gasteiger partial charge in [-0.05, 0) is 58.9 Å². The van der Waals surface area contributed by atoms with Gasteiger partial charge in [0.1, 0.15) is 0 Å². The summed E-state index contributed by atoms with van der Waals surface area (Å²) in [6.45, 7) is 11.6. The Labute approximate surface area is 125 Å². The van der Waals surface area contributed by atoms with Gasteiger partial charge in [0.2, 0.25) is 0 Å². The average Bonchev–Trinajstić information content (AvgIpc) is 2.49. The molecule has 1 heterocycles. The maximum Gasteiger partial charge on any atom is 0.0110 e. The Morgan fingerprint density at radius 2 is 1.45 bits per heavy atom. The van der Waals surface area contributed by atoms with Crippen LogP contribution in [-0.2, 0) is 0 Å². The van der Waals surface area contributed by atoms with Gasteiger partial charge in [0.25, 0.3) is 0 Å². The van der Waals surface area contributed by atoms with Crippen molar-refractivity contribution in [2.45, 2.75) is 25.7 Å². The van der Waals surface area contributed by atoms with Crippen LogP contribution in [0.3, 0.4) is 0 Å². The van der Waals surface area contributed by atoms with Crippen molar-refractivity contribution in [3.05, 3.63) is 0 Å². The van der Waals surface area contributed by atoms with Gasteiger partial charge in [-0.1, -0.05) is 0 Å². The smallest absolute Gasteiger partial charge is 0.0110 e. The number of hydrogen-bond acceptors (Lipinski definition) is 5. The van der Waals surface area contributed by atoms with Crippen LogP contribution in [0.1, 0.15) is 25.7 Å². The highest BCUT2D eigenvalue weighted by atomic mass is 15.3. The summed E-state index contributed by atoms with van der Waals surface area (Å²) in [6, 6.07) is 0. The van der Waals surface area contributed by atoms with Gasteiger partial charge in [-0.3, -0.25) is 4.90 Å². The Hall–Kier alpha value is -0.200. The average molecular weight is 285 g/mol. The lowest BCUT2D eigenvalue weighted by molar-refractivity contribution is 0.131. The highest BCUT2D eigenvalue weighted by Gasteiger charge is 2.15. The molecule has 120 valence electrons. The van der Waals surface area contributed by atoms with E-state index in [1.807, 2.05) is 7.05 Å². The molecule has 1 aliphatic heterocycles. The predicted molar refractivity (Wildman–Crippen MR) is 87.2 cm³/mol. The third-order valence-corrected chi connectivity index (χ3v) is 4.03. The third kappa shape index (κ3) is 8.87. The molecule has 0 bridgehead atoms. The molecule has 1 rings (SSSR count). The molecule has 0 aromatic rings. The SMILES string of the molecule is CNCCCCN1CCN(CCNCCCCN)CC1. The Morgan fingerprint density at radius 3 is 2.10 bits per heavy atom. The van der Waals surface area contributed by atoms with Gasteiger partial charge >= 0.3 is 0 Å². The molecule has 1 saturated heterocycles. The molecule has 0 aromatic heterocycles. The summed E-state index contributed by atoms with van der Waals surface area (Å²) in [5.41, 5.74) is 5.48. The van der Waals surface area contributed by atoms with Crippen molar-refractivity contribution in [1.29, 1.82) is 0 Å². The fourth-order valence-electron chi connectivity index (χ4n) is 2.63. The fourth-order valence-corrected chi connectivity index (χ4v) is 2.63. The predicted octanol–water partition coefficient (Wildman–Crippen LogP) is -0.0679. The van der Waals surface area contributed by atoms with Crippen LogP contribution in [0.2, 0.25) is 0 Å². The monoisotopic (exact) mass is 285 g/mol. The summed E-state index contributed by atoms with van der Waals surface area (Å²) in [7, 11) is 2.03. The van der Waals surface area contributed by atoms with E-state index < -0.39 is 0 Å². The van der Waals surface area contributed by atoms with Crippen LogP contribution in [0.5, 0.6) is 0 Å². The first kappa shape index (κ1) is 17.9. The van der Waals surface area contributed by atoms with Gasteiger partial charge in [0.15, 0.2) is 0 Å². The van der Waals surface area contributed by atoms with Gasteiger partial charge in [-0.2, -0.15) is 0 Å². The molecule has 20 heavy (non-hydrogen) atoms. The van der Waals surface area contributed by atoms with Crippen LogP contribution < -0.4 is 16.4 Å². The summed E-state index contributed by atoms with van der Waals surface area (Å²) in [6.07, 6.45) is 4.96. The van der Waals surface area contributed by atoms with Gasteiger partial charge in [-0.25, -0.2) is 0 Å². The number of rotatable bonds is 12. The molecule has 0 amide bonds. The Balaban J connectivity index is 1.91. The van der Waals surface area contributed by atoms with Crippen molar-refractivity contribution in [3.8, 4) is 0 Å². The minimum absolute atomic E-state index is 0.817. The minimum atomic E-state index is 0.817. The quantitative estimate of drug-likeness (QED) is 0.438. The van der Waals surface area contributed by atoms with Crippen molar-refractivity contribution < 1.29 is 0 Å². The fraction of sp³-hybridized carbons (Fsp3) is 1.00. The highest BCUT2D eigenvalue weighted by molar-refractivity contribution is 4.72. The summed E-state index contributed by atoms with van der Waals surface area (Å²) in [5, 5.41) is 6.72. The van der Waals surface area contributed by atoms with Crippen molar-refractivity contribution >= 4 is 0 Å². The largest absolute Gasteiger partial charge is 0.330 e. The molecule has 1 aliphatic rings. The van der Waals surface area contributed by atoms with Gasteiger partial charge in [0.05, 0.1) is 0 Å². The highest BCUT2D eigenvalue weighted by Crippen LogP contribution is 2.02. The molecule has 0 saturated carbocycles. The van der Waals surface area contributed by atoms with E-state index in [1.165, 1.54) is 58.5 Å². The number of nitrogens with two attached hydrogens (primary N) is 1. The molecule has 0 radical (unpaired) electrons. The van der Waals surface area contributed by atoms with Crippen LogP contribution in [0.15, 0.2) is 0 Å². The van der Waals surface area contributed by atoms with Crippen molar-refractivity contribution in [2.24, 2.45) is 5.73 Å². The summed E-state index contributed by atoms with van der Waals surface area (Å²) in [5.74, 6) is 0. The van der Waals surface area contributed by atoms with Crippen LogP contribution in [0.4, 0.5) is 0 Å². The molecule has 1 fully saturated rings. The van der Waals surface area contributed by atoms with E-state index in [2.05, 4.69) is 20.4 Å². The normalized spacial score (nSPS) is 17.7.